The van der Waals surface area contributed by atoms with Gasteiger partial charge in [-0.05, 0) is 0 Å². The summed E-state index contributed by atoms with van der Waals surface area (Å²) in [5.74, 6) is 0. The summed E-state index contributed by atoms with van der Waals surface area (Å²) in [6.07, 6.45) is 0. The predicted molar refractivity (Wildman–Crippen MR) is 14.5 cm³/mol. The van der Waals surface area contributed by atoms with E-state index in [0.29, 0.717) is 0 Å². The first-order valence-corrected chi connectivity index (χ1v) is 0. The number of hydrogen-bond donors (Lipinski definition) is 0. The molecule has 0 aromatic carbocycles. The van der Waals surface area contributed by atoms with Crippen LogP contribution in [0, 0.1) is 0 Å². The summed E-state index contributed by atoms with van der Waals surface area (Å²) in [7, 11) is 0. The minimum atomic E-state index is 0. The smallest absolute Gasteiger partial charge is 0 e. The minimum Gasteiger partial charge on any atom is -0.412 e. The fraction of sp³-hybridized carbons (Fsp3) is 0. The van der Waals surface area contributed by atoms with Crippen LogP contribution in [0.2, 0.25) is 0 Å². The zero-order valence-electron chi connectivity index (χ0n) is 2.71. The Balaban J connectivity index is 0. The van der Waals surface area contributed by atoms with Crippen molar-refractivity contribution in [3.8, 4) is 0 Å². The molecule has 0 rings (SSSR count). The second-order valence-electron chi connectivity index (χ2n) is 0. The monoisotopic (exact) mass is 184 g/mol. The van der Waals surface area contributed by atoms with E-state index in [4.69, 9.17) is 0 Å². The van der Waals surface area contributed by atoms with Crippen LogP contribution in [0.1, 0.15) is 0 Å². The first kappa shape index (κ1) is 308. The molecule has 4 nitrogen and oxygen atoms in total. The van der Waals surface area contributed by atoms with Gasteiger partial charge in [-0.3, -0.25) is 0 Å². The third kappa shape index (κ3) is 95.0. The molecule has 0 spiro atoms. The van der Waals surface area contributed by atoms with Gasteiger partial charge in [0.2, 0.25) is 0 Å². The molecule has 0 aromatic rings. The van der Waals surface area contributed by atoms with E-state index < -0.39 is 0 Å². The molecule has 0 fully saturated rings. The molecule has 0 saturated heterocycles. The van der Waals surface area contributed by atoms with E-state index in [1.165, 1.54) is 0 Å². The van der Waals surface area contributed by atoms with Gasteiger partial charge in [0.25, 0.3) is 0 Å². The molecule has 0 unspecified atom stereocenters. The van der Waals surface area contributed by atoms with Gasteiger partial charge in [0.1, 0.15) is 0 Å². The zero-order valence-corrected chi connectivity index (χ0v) is 4.92. The molecule has 0 radical (unpaired) electrons. The van der Waals surface area contributed by atoms with E-state index in [1.807, 2.05) is 0 Å². The van der Waals surface area contributed by atoms with Crippen LogP contribution in [0.3, 0.4) is 0 Å². The molecule has 0 bridgehead atoms. The summed E-state index contributed by atoms with van der Waals surface area (Å²) in [6, 6.07) is 0. The largest absolute Gasteiger partial charge is 0.412 e. The molecule has 0 aliphatic heterocycles. The predicted octanol–water partition coefficient (Wildman–Crippen LogP) is -3.30. The van der Waals surface area contributed by atoms with Crippen LogP contribution in [0.4, 0.5) is 0 Å². The summed E-state index contributed by atoms with van der Waals surface area (Å²) >= 11 is 0. The van der Waals surface area contributed by atoms with Gasteiger partial charge in [0.05, 0.1) is 0 Å². The van der Waals surface area contributed by atoms with Crippen molar-refractivity contribution in [2.45, 2.75) is 0 Å². The fourth-order valence-electron chi connectivity index (χ4n) is 0. The molecular formula is H8Fe2O4. The van der Waals surface area contributed by atoms with E-state index >= 15 is 0 Å². The average molecular weight is 184 g/mol. The Kier molecular flexibility index (Phi) is 9290. The molecule has 0 heterocycles. The van der Waals surface area contributed by atoms with Crippen molar-refractivity contribution in [2.75, 3.05) is 0 Å². The molecule has 0 atom stereocenters. The molecule has 0 amide bonds. The van der Waals surface area contributed by atoms with Gasteiger partial charge in [0.15, 0.2) is 0 Å². The van der Waals surface area contributed by atoms with Gasteiger partial charge in [-0.15, -0.1) is 0 Å². The summed E-state index contributed by atoms with van der Waals surface area (Å²) in [5.41, 5.74) is 0. The van der Waals surface area contributed by atoms with Crippen LogP contribution in [-0.4, -0.2) is 21.9 Å². The Morgan fingerprint density at radius 2 is 0.333 bits per heavy atom. The molecule has 6 heteroatoms. The number of rotatable bonds is 0. The first-order chi connectivity index (χ1) is 0. The molecule has 0 saturated carbocycles. The zero-order chi connectivity index (χ0) is 0. The van der Waals surface area contributed by atoms with E-state index in [9.17, 15) is 0 Å². The molecule has 0 aliphatic rings. The fourth-order valence-corrected chi connectivity index (χ4v) is 0. The van der Waals surface area contributed by atoms with Crippen molar-refractivity contribution in [1.29, 1.82) is 0 Å². The molecule has 6 heavy (non-hydrogen) atoms. The molecule has 8 N–H and O–H groups in total. The Bertz CT molecular complexity index is 5.51. The van der Waals surface area contributed by atoms with Crippen LogP contribution in [0.5, 0.6) is 0 Å². The van der Waals surface area contributed by atoms with Crippen molar-refractivity contribution in [3.63, 3.8) is 0 Å². The van der Waals surface area contributed by atoms with Crippen LogP contribution in [0.15, 0.2) is 0 Å². The van der Waals surface area contributed by atoms with Crippen molar-refractivity contribution >= 4 is 0 Å². The Labute approximate surface area is 56.5 Å². The first-order valence-electron chi connectivity index (χ1n) is 0. The van der Waals surface area contributed by atoms with Crippen molar-refractivity contribution < 1.29 is 56.0 Å². The van der Waals surface area contributed by atoms with E-state index in [2.05, 4.69) is 0 Å². The van der Waals surface area contributed by atoms with Gasteiger partial charge >= 0.3 is 0 Å². The van der Waals surface area contributed by atoms with Crippen molar-refractivity contribution in [3.05, 3.63) is 0 Å². The quantitative estimate of drug-likeness (QED) is 0.349. The summed E-state index contributed by atoms with van der Waals surface area (Å²) in [6.45, 7) is 0. The van der Waals surface area contributed by atoms with Crippen LogP contribution < -0.4 is 0 Å². The minimum absolute atomic E-state index is 0. The second-order valence-corrected chi connectivity index (χ2v) is 0. The van der Waals surface area contributed by atoms with E-state index in [-0.39, 0.29) is 56.0 Å². The molecule has 48 valence electrons. The van der Waals surface area contributed by atoms with Crippen LogP contribution in [-0.2, 0) is 34.1 Å². The normalized spacial score (nSPS) is 0. The van der Waals surface area contributed by atoms with Crippen molar-refractivity contribution in [1.82, 2.24) is 0 Å². The Morgan fingerprint density at radius 1 is 0.333 bits per heavy atom. The van der Waals surface area contributed by atoms with Gasteiger partial charge in [-0.25, -0.2) is 0 Å². The SMILES string of the molecule is O.O.O.O.[Fe].[Fe]. The Morgan fingerprint density at radius 3 is 0.333 bits per heavy atom. The van der Waals surface area contributed by atoms with Gasteiger partial charge in [-0.1, -0.05) is 0 Å². The van der Waals surface area contributed by atoms with Gasteiger partial charge < -0.3 is 21.9 Å². The second kappa shape index (κ2) is 181. The third-order valence-corrected chi connectivity index (χ3v) is 0. The summed E-state index contributed by atoms with van der Waals surface area (Å²) in [4.78, 5) is 0. The van der Waals surface area contributed by atoms with Crippen LogP contribution in [0.25, 0.3) is 0 Å². The summed E-state index contributed by atoms with van der Waals surface area (Å²) in [5, 5.41) is 0. The maximum atomic E-state index is 0. The molecular weight excluding hydrogens is 176 g/mol. The van der Waals surface area contributed by atoms with Crippen LogP contribution >= 0.6 is 0 Å². The average Bonchev–Trinajstić information content (AvgIpc) is 0. The molecule has 0 aromatic heterocycles. The summed E-state index contributed by atoms with van der Waals surface area (Å²) < 4.78 is 0. The van der Waals surface area contributed by atoms with Gasteiger partial charge in [0, 0.05) is 34.1 Å². The standard InChI is InChI=1S/2Fe.4H2O/h;;4*1H2. The third-order valence-electron chi connectivity index (χ3n) is 0. The van der Waals surface area contributed by atoms with E-state index in [0.717, 1.165) is 0 Å². The number of hydrogen-bond acceptors (Lipinski definition) is 0. The maximum Gasteiger partial charge on any atom is 0 e. The molecule has 0 aliphatic carbocycles. The topological polar surface area (TPSA) is 126 Å². The van der Waals surface area contributed by atoms with Crippen molar-refractivity contribution in [2.24, 2.45) is 0 Å². The Hall–Kier alpha value is 0.879. The maximum absolute atomic E-state index is 0. The van der Waals surface area contributed by atoms with Gasteiger partial charge in [-0.2, -0.15) is 0 Å². The van der Waals surface area contributed by atoms with E-state index in [1.54, 1.807) is 0 Å².